The fourth-order valence-electron chi connectivity index (χ4n) is 1.41. The van der Waals surface area contributed by atoms with Gasteiger partial charge in [0.25, 0.3) is 11.2 Å². The first-order valence-electron chi connectivity index (χ1n) is 4.80. The molecule has 0 aliphatic rings. The lowest BCUT2D eigenvalue weighted by Gasteiger charge is -2.03. The number of nitrogens with zero attached hydrogens (tertiary/aromatic N) is 4. The van der Waals surface area contributed by atoms with Gasteiger partial charge in [-0.3, -0.25) is 14.9 Å². The molecule has 94 valence electrons. The van der Waals surface area contributed by atoms with Crippen molar-refractivity contribution in [2.45, 2.75) is 13.5 Å². The van der Waals surface area contributed by atoms with Crippen LogP contribution in [0.3, 0.4) is 0 Å². The van der Waals surface area contributed by atoms with Gasteiger partial charge in [0.2, 0.25) is 4.47 Å². The number of aryl methyl sites for hydroxylation is 1. The lowest BCUT2D eigenvalue weighted by molar-refractivity contribution is -0.385. The van der Waals surface area contributed by atoms with Crippen molar-refractivity contribution in [3.63, 3.8) is 0 Å². The van der Waals surface area contributed by atoms with E-state index >= 15 is 0 Å². The minimum absolute atomic E-state index is 0.106. The molecule has 0 N–H and O–H groups in total. The Hall–Kier alpha value is -1.80. The largest absolute Gasteiger partial charge is 0.302 e. The fraction of sp³-hybridized carbons (Fsp3) is 0.222. The fourth-order valence-corrected chi connectivity index (χ4v) is 2.28. The van der Waals surface area contributed by atoms with Crippen LogP contribution in [0.2, 0.25) is 4.47 Å². The summed E-state index contributed by atoms with van der Waals surface area (Å²) in [5.41, 5.74) is -0.105. The molecule has 0 aliphatic carbocycles. The summed E-state index contributed by atoms with van der Waals surface area (Å²) in [4.78, 5) is 21.9. The first kappa shape index (κ1) is 12.7. The Bertz CT molecular complexity index is 666. The minimum atomic E-state index is -0.529. The Morgan fingerprint density at radius 3 is 2.83 bits per heavy atom. The van der Waals surface area contributed by atoms with Gasteiger partial charge in [-0.15, -0.1) is 10.2 Å². The maximum atomic E-state index is 11.7. The van der Waals surface area contributed by atoms with Crippen molar-refractivity contribution in [3.05, 3.63) is 47.8 Å². The number of nitro groups is 1. The van der Waals surface area contributed by atoms with Gasteiger partial charge in [-0.2, -0.15) is 0 Å². The molecule has 2 aromatic heterocycles. The number of aromatic nitrogens is 3. The van der Waals surface area contributed by atoms with Crippen LogP contribution in [0.1, 0.15) is 10.6 Å². The first-order valence-corrected chi connectivity index (χ1v) is 6.00. The molecule has 0 bridgehead atoms. The summed E-state index contributed by atoms with van der Waals surface area (Å²) in [6.07, 6.45) is 1.20. The number of rotatable bonds is 3. The molecule has 0 fully saturated rings. The second-order valence-corrected chi connectivity index (χ2v) is 5.16. The van der Waals surface area contributed by atoms with Gasteiger partial charge in [-0.05, 0) is 18.5 Å². The second-order valence-electron chi connectivity index (χ2n) is 3.51. The third-order valence-corrected chi connectivity index (χ3v) is 3.25. The molecule has 0 unspecified atom stereocenters. The Labute approximate surface area is 110 Å². The summed E-state index contributed by atoms with van der Waals surface area (Å²) in [7, 11) is 0. The summed E-state index contributed by atoms with van der Waals surface area (Å²) >= 11 is 6.75. The molecule has 0 aliphatic heterocycles. The molecule has 0 saturated carbocycles. The van der Waals surface area contributed by atoms with E-state index in [0.29, 0.717) is 10.6 Å². The summed E-state index contributed by atoms with van der Waals surface area (Å²) < 4.78 is 1.47. The smallest absolute Gasteiger partial charge is 0.288 e. The molecule has 9 heteroatoms. The molecule has 2 heterocycles. The third kappa shape index (κ3) is 2.54. The number of hydrogen-bond acceptors (Lipinski definition) is 6. The van der Waals surface area contributed by atoms with E-state index in [4.69, 9.17) is 11.6 Å². The summed E-state index contributed by atoms with van der Waals surface area (Å²) in [6.45, 7) is 1.63. The second kappa shape index (κ2) is 4.83. The maximum Gasteiger partial charge on any atom is 0.288 e. The van der Waals surface area contributed by atoms with Crippen LogP contribution in [-0.2, 0) is 6.54 Å². The monoisotopic (exact) mass is 286 g/mol. The van der Waals surface area contributed by atoms with Crippen molar-refractivity contribution in [1.29, 1.82) is 0 Å². The Morgan fingerprint density at radius 2 is 2.28 bits per heavy atom. The molecule has 18 heavy (non-hydrogen) atoms. The van der Waals surface area contributed by atoms with Gasteiger partial charge >= 0.3 is 0 Å². The van der Waals surface area contributed by atoms with Gasteiger partial charge in [0.15, 0.2) is 0 Å². The van der Waals surface area contributed by atoms with Crippen LogP contribution in [0.4, 0.5) is 5.69 Å². The average Bonchev–Trinajstić information content (AvgIpc) is 2.67. The van der Waals surface area contributed by atoms with E-state index in [1.165, 1.54) is 23.8 Å². The number of pyridine rings is 1. The lowest BCUT2D eigenvalue weighted by Crippen LogP contribution is -2.20. The van der Waals surface area contributed by atoms with Crippen LogP contribution < -0.4 is 5.56 Å². The van der Waals surface area contributed by atoms with Crippen LogP contribution in [0.25, 0.3) is 0 Å². The van der Waals surface area contributed by atoms with Gasteiger partial charge in [-0.1, -0.05) is 11.3 Å². The average molecular weight is 287 g/mol. The summed E-state index contributed by atoms with van der Waals surface area (Å²) in [6, 6.07) is 1.22. The van der Waals surface area contributed by atoms with E-state index in [0.717, 1.165) is 11.3 Å². The zero-order valence-corrected chi connectivity index (χ0v) is 10.7. The highest BCUT2D eigenvalue weighted by molar-refractivity contribution is 7.15. The molecule has 7 nitrogen and oxygen atoms in total. The maximum absolute atomic E-state index is 11.7. The molecular formula is C9H7ClN4O3S. The highest BCUT2D eigenvalue weighted by Crippen LogP contribution is 2.17. The van der Waals surface area contributed by atoms with E-state index in [2.05, 4.69) is 10.2 Å². The van der Waals surface area contributed by atoms with Crippen LogP contribution in [0.5, 0.6) is 0 Å². The van der Waals surface area contributed by atoms with Gasteiger partial charge < -0.3 is 4.57 Å². The van der Waals surface area contributed by atoms with Gasteiger partial charge in [0.1, 0.15) is 5.01 Å². The normalized spacial score (nSPS) is 10.6. The van der Waals surface area contributed by atoms with Gasteiger partial charge in [-0.25, -0.2) is 0 Å². The third-order valence-electron chi connectivity index (χ3n) is 2.25. The van der Waals surface area contributed by atoms with Crippen molar-refractivity contribution >= 4 is 28.6 Å². The molecule has 0 amide bonds. The zero-order valence-electron chi connectivity index (χ0n) is 9.16. The standard InChI is InChI=1S/C9H7ClN4O3S/c1-5-2-8(15)13(3-6(5)14(16)17)4-7-11-12-9(10)18-7/h2-3H,4H2,1H3. The molecule has 2 rings (SSSR count). The minimum Gasteiger partial charge on any atom is -0.302 e. The number of hydrogen-bond donors (Lipinski definition) is 0. The topological polar surface area (TPSA) is 90.9 Å². The predicted octanol–water partition coefficient (Wildman–Crippen LogP) is 1.62. The van der Waals surface area contributed by atoms with Gasteiger partial charge in [0, 0.05) is 11.6 Å². The van der Waals surface area contributed by atoms with E-state index < -0.39 is 4.92 Å². The van der Waals surface area contributed by atoms with Crippen LogP contribution in [0.15, 0.2) is 17.1 Å². The zero-order chi connectivity index (χ0) is 13.3. The number of halogens is 1. The molecule has 0 saturated heterocycles. The molecule has 2 aromatic rings. The molecule has 0 atom stereocenters. The van der Waals surface area contributed by atoms with Crippen molar-refractivity contribution in [3.8, 4) is 0 Å². The molecular weight excluding hydrogens is 280 g/mol. The lowest BCUT2D eigenvalue weighted by atomic mass is 10.2. The van der Waals surface area contributed by atoms with Gasteiger partial charge in [0.05, 0.1) is 17.7 Å². The van der Waals surface area contributed by atoms with E-state index in [1.807, 2.05) is 0 Å². The van der Waals surface area contributed by atoms with Crippen molar-refractivity contribution in [2.24, 2.45) is 0 Å². The van der Waals surface area contributed by atoms with E-state index in [9.17, 15) is 14.9 Å². The Balaban J connectivity index is 2.42. The first-order chi connectivity index (χ1) is 8.47. The van der Waals surface area contributed by atoms with Crippen LogP contribution in [-0.4, -0.2) is 19.7 Å². The van der Waals surface area contributed by atoms with Crippen molar-refractivity contribution in [2.75, 3.05) is 0 Å². The Kier molecular flexibility index (Phi) is 3.39. The highest BCUT2D eigenvalue weighted by Gasteiger charge is 2.14. The Morgan fingerprint density at radius 1 is 1.56 bits per heavy atom. The SMILES string of the molecule is Cc1cc(=O)n(Cc2nnc(Cl)s2)cc1[N+](=O)[O-]. The van der Waals surface area contributed by atoms with Crippen molar-refractivity contribution in [1.82, 2.24) is 14.8 Å². The summed E-state index contributed by atoms with van der Waals surface area (Å²) in [5.74, 6) is 0. The highest BCUT2D eigenvalue weighted by atomic mass is 35.5. The van der Waals surface area contributed by atoms with Crippen molar-refractivity contribution < 1.29 is 4.92 Å². The molecule has 0 radical (unpaired) electrons. The van der Waals surface area contributed by atoms with Crippen LogP contribution in [0, 0.1) is 17.0 Å². The predicted molar refractivity (Wildman–Crippen MR) is 66.1 cm³/mol. The molecule has 0 spiro atoms. The quantitative estimate of drug-likeness (QED) is 0.631. The van der Waals surface area contributed by atoms with E-state index in [-0.39, 0.29) is 22.3 Å². The molecule has 0 aromatic carbocycles. The van der Waals surface area contributed by atoms with Crippen LogP contribution >= 0.6 is 22.9 Å². The van der Waals surface area contributed by atoms with E-state index in [1.54, 1.807) is 0 Å². The summed E-state index contributed by atoms with van der Waals surface area (Å²) in [5, 5.41) is 18.7.